The second kappa shape index (κ2) is 1.93. The molecule has 1 fully saturated rings. The van der Waals surface area contributed by atoms with Gasteiger partial charge in [-0.05, 0) is 0 Å². The van der Waals surface area contributed by atoms with Gasteiger partial charge in [0.15, 0.2) is 9.84 Å². The fraction of sp³-hybridized carbons (Fsp3) is 1.00. The van der Waals surface area contributed by atoms with Gasteiger partial charge < -0.3 is 10.8 Å². The molecule has 0 bridgehead atoms. The number of rotatable bonds is 0. The molecule has 2 atom stereocenters. The first kappa shape index (κ1) is 6.98. The molecule has 0 amide bonds. The number of aliphatic hydroxyl groups excluding tert-OH is 1. The van der Waals surface area contributed by atoms with E-state index in [2.05, 4.69) is 5.73 Å². The lowest BCUT2D eigenvalue weighted by molar-refractivity contribution is -0.425. The molecule has 0 aromatic carbocycles. The van der Waals surface area contributed by atoms with Gasteiger partial charge in [-0.25, -0.2) is 8.42 Å². The second-order valence-corrected chi connectivity index (χ2v) is 4.56. The van der Waals surface area contributed by atoms with Crippen LogP contribution in [0.15, 0.2) is 0 Å². The molecule has 0 spiro atoms. The highest BCUT2D eigenvalue weighted by Gasteiger charge is 2.36. The van der Waals surface area contributed by atoms with Gasteiger partial charge in [0, 0.05) is 0 Å². The van der Waals surface area contributed by atoms with Crippen molar-refractivity contribution in [3.8, 4) is 0 Å². The van der Waals surface area contributed by atoms with Crippen molar-refractivity contribution in [2.24, 2.45) is 0 Å². The Bertz CT molecular complexity index is 182. The first-order chi connectivity index (χ1) is 4.01. The van der Waals surface area contributed by atoms with Crippen LogP contribution < -0.4 is 5.73 Å². The van der Waals surface area contributed by atoms with E-state index < -0.39 is 15.9 Å². The molecule has 1 rings (SSSR count). The summed E-state index contributed by atoms with van der Waals surface area (Å²) in [6.07, 6.45) is -0.741. The first-order valence-electron chi connectivity index (χ1n) is 2.73. The Morgan fingerprint density at radius 2 is 2.00 bits per heavy atom. The van der Waals surface area contributed by atoms with Gasteiger partial charge in [0.05, 0.1) is 5.75 Å². The molecule has 1 aliphatic rings. The zero-order valence-corrected chi connectivity index (χ0v) is 5.76. The molecular weight excluding hydrogens is 142 g/mol. The van der Waals surface area contributed by atoms with E-state index in [0.29, 0.717) is 0 Å². The van der Waals surface area contributed by atoms with Crippen LogP contribution in [0, 0.1) is 0 Å². The zero-order valence-electron chi connectivity index (χ0n) is 4.95. The fourth-order valence-corrected chi connectivity index (χ4v) is 2.70. The number of hydrogen-bond donors (Lipinski definition) is 2. The fourth-order valence-electron chi connectivity index (χ4n) is 0.902. The van der Waals surface area contributed by atoms with E-state index in [9.17, 15) is 8.42 Å². The van der Waals surface area contributed by atoms with Crippen LogP contribution in [0.2, 0.25) is 0 Å². The monoisotopic (exact) mass is 152 g/mol. The van der Waals surface area contributed by atoms with E-state index in [1.54, 1.807) is 0 Å². The average Bonchev–Trinajstić information content (AvgIpc) is 1.79. The molecule has 0 saturated carbocycles. The van der Waals surface area contributed by atoms with Crippen molar-refractivity contribution in [1.29, 1.82) is 0 Å². The van der Waals surface area contributed by atoms with Crippen molar-refractivity contribution < 1.29 is 19.3 Å². The van der Waals surface area contributed by atoms with Crippen LogP contribution in [-0.4, -0.2) is 37.2 Å². The van der Waals surface area contributed by atoms with Crippen molar-refractivity contribution >= 4 is 9.84 Å². The predicted octanol–water partition coefficient (Wildman–Crippen LogP) is -2.61. The highest BCUT2D eigenvalue weighted by atomic mass is 32.2. The third-order valence-electron chi connectivity index (χ3n) is 1.44. The number of aliphatic hydroxyl groups is 1. The molecule has 1 heterocycles. The van der Waals surface area contributed by atoms with Gasteiger partial charge in [-0.1, -0.05) is 0 Å². The highest BCUT2D eigenvalue weighted by Crippen LogP contribution is 2.07. The lowest BCUT2D eigenvalue weighted by atomic mass is 10.2. The molecule has 0 aromatic rings. The van der Waals surface area contributed by atoms with Crippen molar-refractivity contribution in [3.05, 3.63) is 0 Å². The molecule has 9 heavy (non-hydrogen) atoms. The Labute approximate surface area is 53.6 Å². The minimum atomic E-state index is -2.96. The molecule has 2 unspecified atom stereocenters. The minimum Gasteiger partial charge on any atom is -0.386 e. The van der Waals surface area contributed by atoms with Crippen molar-refractivity contribution in [1.82, 2.24) is 0 Å². The largest absolute Gasteiger partial charge is 0.386 e. The van der Waals surface area contributed by atoms with Crippen molar-refractivity contribution in [2.75, 3.05) is 11.5 Å². The van der Waals surface area contributed by atoms with Gasteiger partial charge in [-0.2, -0.15) is 0 Å². The van der Waals surface area contributed by atoms with Gasteiger partial charge in [0.2, 0.25) is 0 Å². The summed E-state index contributed by atoms with van der Waals surface area (Å²) in [7, 11) is -2.96. The Morgan fingerprint density at radius 1 is 1.44 bits per heavy atom. The van der Waals surface area contributed by atoms with E-state index in [1.807, 2.05) is 0 Å². The Morgan fingerprint density at radius 3 is 2.11 bits per heavy atom. The predicted molar refractivity (Wildman–Crippen MR) is 31.3 cm³/mol. The summed E-state index contributed by atoms with van der Waals surface area (Å²) in [5.74, 6) is -0.0741. The summed E-state index contributed by atoms with van der Waals surface area (Å²) in [6, 6.07) is -0.324. The maximum absolute atomic E-state index is 10.7. The molecule has 0 aromatic heterocycles. The van der Waals surface area contributed by atoms with Crippen LogP contribution >= 0.6 is 0 Å². The Kier molecular flexibility index (Phi) is 1.50. The van der Waals surface area contributed by atoms with E-state index in [-0.39, 0.29) is 17.5 Å². The van der Waals surface area contributed by atoms with Gasteiger partial charge in [-0.15, -0.1) is 0 Å². The average molecular weight is 152 g/mol. The Balaban J connectivity index is 2.77. The third kappa shape index (κ3) is 1.41. The summed E-state index contributed by atoms with van der Waals surface area (Å²) in [4.78, 5) is 0. The standard InChI is InChI=1S/C4H9NO3S/c5-3-1-9(7,8)2-4(3)6/h3-4,6H,1-2,5H2/p+1. The number of hydrogen-bond acceptors (Lipinski definition) is 3. The summed E-state index contributed by atoms with van der Waals surface area (Å²) < 4.78 is 21.3. The summed E-state index contributed by atoms with van der Waals surface area (Å²) in [6.45, 7) is 0. The molecular formula is C4H10NO3S+. The maximum Gasteiger partial charge on any atom is 0.159 e. The molecule has 54 valence electrons. The van der Waals surface area contributed by atoms with E-state index in [0.717, 1.165) is 0 Å². The van der Waals surface area contributed by atoms with Gasteiger partial charge >= 0.3 is 0 Å². The molecule has 1 aliphatic heterocycles. The van der Waals surface area contributed by atoms with Gasteiger partial charge in [0.25, 0.3) is 0 Å². The van der Waals surface area contributed by atoms with Gasteiger partial charge in [0.1, 0.15) is 17.9 Å². The number of sulfone groups is 1. The quantitative estimate of drug-likeness (QED) is 0.399. The van der Waals surface area contributed by atoms with Crippen LogP contribution in [0.3, 0.4) is 0 Å². The zero-order chi connectivity index (χ0) is 7.07. The molecule has 4 nitrogen and oxygen atoms in total. The Hall–Kier alpha value is -0.130. The van der Waals surface area contributed by atoms with E-state index in [1.165, 1.54) is 0 Å². The van der Waals surface area contributed by atoms with E-state index in [4.69, 9.17) is 5.11 Å². The van der Waals surface area contributed by atoms with E-state index >= 15 is 0 Å². The SMILES string of the molecule is [NH3+]C1CS(=O)(=O)CC1O. The molecule has 4 N–H and O–H groups in total. The maximum atomic E-state index is 10.7. The second-order valence-electron chi connectivity index (χ2n) is 2.40. The molecule has 5 heteroatoms. The topological polar surface area (TPSA) is 82.0 Å². The summed E-state index contributed by atoms with van der Waals surface area (Å²) in [5.41, 5.74) is 3.48. The third-order valence-corrected chi connectivity index (χ3v) is 3.22. The summed E-state index contributed by atoms with van der Waals surface area (Å²) in [5, 5.41) is 8.89. The highest BCUT2D eigenvalue weighted by molar-refractivity contribution is 7.91. The van der Waals surface area contributed by atoms with Crippen LogP contribution in [-0.2, 0) is 9.84 Å². The molecule has 0 radical (unpaired) electrons. The smallest absolute Gasteiger partial charge is 0.159 e. The lowest BCUT2D eigenvalue weighted by Crippen LogP contribution is -2.66. The molecule has 1 saturated heterocycles. The molecule has 0 aliphatic carbocycles. The van der Waals surface area contributed by atoms with Crippen molar-refractivity contribution in [3.63, 3.8) is 0 Å². The number of quaternary nitrogens is 1. The van der Waals surface area contributed by atoms with Crippen LogP contribution in [0.1, 0.15) is 0 Å². The van der Waals surface area contributed by atoms with Crippen LogP contribution in [0.25, 0.3) is 0 Å². The van der Waals surface area contributed by atoms with Gasteiger partial charge in [-0.3, -0.25) is 0 Å². The normalized spacial score (nSPS) is 41.1. The van der Waals surface area contributed by atoms with Crippen LogP contribution in [0.4, 0.5) is 0 Å². The first-order valence-corrected chi connectivity index (χ1v) is 4.55. The summed E-state index contributed by atoms with van der Waals surface area (Å²) >= 11 is 0. The lowest BCUT2D eigenvalue weighted by Gasteiger charge is -1.98. The van der Waals surface area contributed by atoms with Crippen molar-refractivity contribution in [2.45, 2.75) is 12.1 Å². The van der Waals surface area contributed by atoms with Crippen LogP contribution in [0.5, 0.6) is 0 Å². The minimum absolute atomic E-state index is 0.0359.